The lowest BCUT2D eigenvalue weighted by Gasteiger charge is -2.29. The third-order valence-electron chi connectivity index (χ3n) is 4.93. The molecule has 4 unspecified atom stereocenters. The first-order valence-corrected chi connectivity index (χ1v) is 8.01. The predicted molar refractivity (Wildman–Crippen MR) is 82.0 cm³/mol. The zero-order valence-electron chi connectivity index (χ0n) is 12.8. The summed E-state index contributed by atoms with van der Waals surface area (Å²) in [4.78, 5) is 4.47. The molecule has 1 N–H and O–H groups in total. The number of rotatable bonds is 5. The quantitative estimate of drug-likeness (QED) is 0.877. The van der Waals surface area contributed by atoms with Gasteiger partial charge in [-0.3, -0.25) is 0 Å². The van der Waals surface area contributed by atoms with Crippen LogP contribution in [-0.4, -0.2) is 17.1 Å². The normalized spacial score (nSPS) is 29.7. The molecule has 0 aliphatic heterocycles. The maximum Gasteiger partial charge on any atom is 0.168 e. The maximum atomic E-state index is 5.85. The molecule has 1 aromatic heterocycles. The second kappa shape index (κ2) is 5.63. The van der Waals surface area contributed by atoms with Gasteiger partial charge in [-0.05, 0) is 69.9 Å². The van der Waals surface area contributed by atoms with Gasteiger partial charge in [-0.15, -0.1) is 0 Å². The average Bonchev–Trinajstić information content (AvgIpc) is 3.02. The third-order valence-corrected chi connectivity index (χ3v) is 4.93. The van der Waals surface area contributed by atoms with Crippen LogP contribution in [0.3, 0.4) is 0 Å². The third kappa shape index (κ3) is 2.77. The number of pyridine rings is 1. The minimum Gasteiger partial charge on any atom is -0.487 e. The van der Waals surface area contributed by atoms with Gasteiger partial charge in [0, 0.05) is 12.2 Å². The van der Waals surface area contributed by atoms with Crippen LogP contribution < -0.4 is 10.1 Å². The Morgan fingerprint density at radius 2 is 2.10 bits per heavy atom. The van der Waals surface area contributed by atoms with Crippen molar-refractivity contribution in [3.8, 4) is 5.75 Å². The van der Waals surface area contributed by atoms with Crippen LogP contribution in [0.1, 0.15) is 46.5 Å². The number of fused-ring (bicyclic) bond motifs is 2. The summed E-state index contributed by atoms with van der Waals surface area (Å²) in [6.07, 6.45) is 7.75. The van der Waals surface area contributed by atoms with Crippen LogP contribution in [0.25, 0.3) is 0 Å². The Morgan fingerprint density at radius 1 is 1.25 bits per heavy atom. The minimum atomic E-state index is 0.178. The Hall–Kier alpha value is -1.25. The van der Waals surface area contributed by atoms with Gasteiger partial charge in [-0.25, -0.2) is 4.98 Å². The lowest BCUT2D eigenvalue weighted by atomic mass is 9.84. The van der Waals surface area contributed by atoms with Crippen molar-refractivity contribution in [1.82, 2.24) is 4.98 Å². The number of nitrogens with zero attached hydrogens (tertiary/aromatic N) is 1. The van der Waals surface area contributed by atoms with Crippen molar-refractivity contribution in [1.29, 1.82) is 0 Å². The number of anilines is 1. The molecule has 0 radical (unpaired) electrons. The summed E-state index contributed by atoms with van der Waals surface area (Å²) in [5.74, 6) is 4.50. The first-order valence-electron chi connectivity index (χ1n) is 8.01. The summed E-state index contributed by atoms with van der Waals surface area (Å²) >= 11 is 0. The van der Waals surface area contributed by atoms with E-state index >= 15 is 0 Å². The average molecular weight is 274 g/mol. The molecule has 1 heterocycles. The van der Waals surface area contributed by atoms with E-state index in [1.807, 2.05) is 18.3 Å². The van der Waals surface area contributed by atoms with Gasteiger partial charge in [0.05, 0.1) is 6.10 Å². The molecule has 3 nitrogen and oxygen atoms in total. The molecule has 2 saturated carbocycles. The molecule has 0 spiro atoms. The van der Waals surface area contributed by atoms with E-state index < -0.39 is 0 Å². The first kappa shape index (κ1) is 13.7. The number of aromatic nitrogens is 1. The standard InChI is InChI=1S/C17H26N2O/c1-11(2)20-16-5-4-8-18-17(16)19-12(3)15-10-13-6-7-14(15)9-13/h4-5,8,11-15H,6-7,9-10H2,1-3H3,(H,18,19). The molecule has 20 heavy (non-hydrogen) atoms. The molecule has 2 aliphatic carbocycles. The Labute approximate surface area is 122 Å². The van der Waals surface area contributed by atoms with E-state index in [4.69, 9.17) is 4.74 Å². The fourth-order valence-corrected chi connectivity index (χ4v) is 4.08. The topological polar surface area (TPSA) is 34.1 Å². The molecule has 4 atom stereocenters. The second-order valence-corrected chi connectivity index (χ2v) is 6.79. The highest BCUT2D eigenvalue weighted by molar-refractivity contribution is 5.50. The van der Waals surface area contributed by atoms with Crippen LogP contribution in [-0.2, 0) is 0 Å². The van der Waals surface area contributed by atoms with Gasteiger partial charge in [-0.2, -0.15) is 0 Å². The van der Waals surface area contributed by atoms with E-state index in [-0.39, 0.29) is 6.10 Å². The lowest BCUT2D eigenvalue weighted by Crippen LogP contribution is -2.30. The van der Waals surface area contributed by atoms with Crippen LogP contribution in [0.15, 0.2) is 18.3 Å². The molecular formula is C17H26N2O. The van der Waals surface area contributed by atoms with Crippen LogP contribution >= 0.6 is 0 Å². The summed E-state index contributed by atoms with van der Waals surface area (Å²) < 4.78 is 5.85. The number of nitrogens with one attached hydrogen (secondary N) is 1. The predicted octanol–water partition coefficient (Wildman–Crippen LogP) is 4.11. The smallest absolute Gasteiger partial charge is 0.168 e. The van der Waals surface area contributed by atoms with Gasteiger partial charge < -0.3 is 10.1 Å². The number of ether oxygens (including phenoxy) is 1. The van der Waals surface area contributed by atoms with E-state index in [9.17, 15) is 0 Å². The van der Waals surface area contributed by atoms with Crippen molar-refractivity contribution in [3.63, 3.8) is 0 Å². The lowest BCUT2D eigenvalue weighted by molar-refractivity contribution is 0.242. The summed E-state index contributed by atoms with van der Waals surface area (Å²) in [5, 5.41) is 3.61. The summed E-state index contributed by atoms with van der Waals surface area (Å²) in [6.45, 7) is 6.41. The van der Waals surface area contributed by atoms with Gasteiger partial charge in [0.25, 0.3) is 0 Å². The SMILES string of the molecule is CC(C)Oc1cccnc1NC(C)C1CC2CCC1C2. The Balaban J connectivity index is 1.68. The number of hydrogen-bond acceptors (Lipinski definition) is 3. The molecule has 110 valence electrons. The molecule has 0 amide bonds. The molecule has 0 saturated heterocycles. The zero-order valence-corrected chi connectivity index (χ0v) is 12.8. The molecule has 2 bridgehead atoms. The number of hydrogen-bond donors (Lipinski definition) is 1. The fourth-order valence-electron chi connectivity index (χ4n) is 4.08. The van der Waals surface area contributed by atoms with E-state index in [1.165, 1.54) is 25.7 Å². The highest BCUT2D eigenvalue weighted by Gasteiger charge is 2.41. The van der Waals surface area contributed by atoms with Gasteiger partial charge in [-0.1, -0.05) is 6.42 Å². The Kier molecular flexibility index (Phi) is 3.86. The highest BCUT2D eigenvalue weighted by Crippen LogP contribution is 2.50. The molecule has 3 rings (SSSR count). The Morgan fingerprint density at radius 3 is 2.75 bits per heavy atom. The van der Waals surface area contributed by atoms with Crippen LogP contribution in [0.2, 0.25) is 0 Å². The molecular weight excluding hydrogens is 248 g/mol. The largest absolute Gasteiger partial charge is 0.487 e. The van der Waals surface area contributed by atoms with Gasteiger partial charge >= 0.3 is 0 Å². The first-order chi connectivity index (χ1) is 9.63. The van der Waals surface area contributed by atoms with E-state index in [0.29, 0.717) is 6.04 Å². The van der Waals surface area contributed by atoms with Crippen molar-refractivity contribution in [2.24, 2.45) is 17.8 Å². The van der Waals surface area contributed by atoms with E-state index in [2.05, 4.69) is 31.1 Å². The van der Waals surface area contributed by atoms with Crippen LogP contribution in [0.5, 0.6) is 5.75 Å². The van der Waals surface area contributed by atoms with Crippen molar-refractivity contribution >= 4 is 5.82 Å². The molecule has 3 heteroatoms. The summed E-state index contributed by atoms with van der Waals surface area (Å²) in [6, 6.07) is 4.42. The maximum absolute atomic E-state index is 5.85. The molecule has 2 fully saturated rings. The molecule has 0 aromatic carbocycles. The van der Waals surface area contributed by atoms with E-state index in [1.54, 1.807) is 0 Å². The van der Waals surface area contributed by atoms with E-state index in [0.717, 1.165) is 29.3 Å². The van der Waals surface area contributed by atoms with Gasteiger partial charge in [0.1, 0.15) is 0 Å². The van der Waals surface area contributed by atoms with Crippen LogP contribution in [0, 0.1) is 17.8 Å². The summed E-state index contributed by atoms with van der Waals surface area (Å²) in [7, 11) is 0. The second-order valence-electron chi connectivity index (χ2n) is 6.79. The molecule has 1 aromatic rings. The van der Waals surface area contributed by atoms with Gasteiger partial charge in [0.15, 0.2) is 11.6 Å². The minimum absolute atomic E-state index is 0.178. The monoisotopic (exact) mass is 274 g/mol. The van der Waals surface area contributed by atoms with Crippen LogP contribution in [0.4, 0.5) is 5.82 Å². The fraction of sp³-hybridized carbons (Fsp3) is 0.706. The van der Waals surface area contributed by atoms with Crippen molar-refractivity contribution in [2.75, 3.05) is 5.32 Å². The van der Waals surface area contributed by atoms with Crippen molar-refractivity contribution in [2.45, 2.75) is 58.6 Å². The van der Waals surface area contributed by atoms with Gasteiger partial charge in [0.2, 0.25) is 0 Å². The molecule has 2 aliphatic rings. The summed E-state index contributed by atoms with van der Waals surface area (Å²) in [5.41, 5.74) is 0. The highest BCUT2D eigenvalue weighted by atomic mass is 16.5. The van der Waals surface area contributed by atoms with Crippen molar-refractivity contribution < 1.29 is 4.74 Å². The zero-order chi connectivity index (χ0) is 14.1. The van der Waals surface area contributed by atoms with Crippen molar-refractivity contribution in [3.05, 3.63) is 18.3 Å². The Bertz CT molecular complexity index is 460.